The molecule has 0 radical (unpaired) electrons. The minimum absolute atomic E-state index is 0.0366. The lowest BCUT2D eigenvalue weighted by molar-refractivity contribution is 0.0673. The number of hydrogen-bond acceptors (Lipinski definition) is 3. The van der Waals surface area contributed by atoms with Crippen molar-refractivity contribution >= 4 is 16.7 Å². The van der Waals surface area contributed by atoms with E-state index in [4.69, 9.17) is 9.47 Å². The largest absolute Gasteiger partial charge is 0.493 e. The second-order valence-electron chi connectivity index (χ2n) is 8.48. The number of fused-ring (bicyclic) bond motifs is 1. The molecule has 0 aliphatic rings. The zero-order valence-corrected chi connectivity index (χ0v) is 20.0. The van der Waals surface area contributed by atoms with Crippen LogP contribution in [0.25, 0.3) is 10.8 Å². The summed E-state index contributed by atoms with van der Waals surface area (Å²) in [5, 5.41) is 2.05. The fourth-order valence-electron chi connectivity index (χ4n) is 4.08. The fraction of sp³-hybridized carbons (Fsp3) is 0.233. The molecule has 1 amide bonds. The summed E-state index contributed by atoms with van der Waals surface area (Å²) in [6.07, 6.45) is 0.867. The maximum atomic E-state index is 13.7. The van der Waals surface area contributed by atoms with Crippen LogP contribution in [0.1, 0.15) is 41.8 Å². The third-order valence-electron chi connectivity index (χ3n) is 6.22. The van der Waals surface area contributed by atoms with E-state index in [1.807, 2.05) is 95.9 Å². The fourth-order valence-corrected chi connectivity index (χ4v) is 4.08. The summed E-state index contributed by atoms with van der Waals surface area (Å²) in [5.41, 5.74) is 2.82. The molecule has 4 aromatic carbocycles. The molecule has 0 bridgehead atoms. The average molecular weight is 454 g/mol. The summed E-state index contributed by atoms with van der Waals surface area (Å²) < 4.78 is 11.6. The van der Waals surface area contributed by atoms with Crippen molar-refractivity contribution in [3.63, 3.8) is 0 Å². The van der Waals surface area contributed by atoms with Crippen LogP contribution in [0.2, 0.25) is 0 Å². The highest BCUT2D eigenvalue weighted by molar-refractivity contribution is 6.07. The summed E-state index contributed by atoms with van der Waals surface area (Å²) >= 11 is 0. The maximum absolute atomic E-state index is 13.7. The molecule has 0 fully saturated rings. The predicted octanol–water partition coefficient (Wildman–Crippen LogP) is 6.87. The second-order valence-corrected chi connectivity index (χ2v) is 8.48. The molecule has 174 valence electrons. The van der Waals surface area contributed by atoms with Gasteiger partial charge < -0.3 is 14.4 Å². The topological polar surface area (TPSA) is 38.8 Å². The van der Waals surface area contributed by atoms with Crippen molar-refractivity contribution in [2.45, 2.75) is 39.5 Å². The first-order valence-corrected chi connectivity index (χ1v) is 11.7. The van der Waals surface area contributed by atoms with Gasteiger partial charge >= 0.3 is 0 Å². The molecule has 4 aromatic rings. The Morgan fingerprint density at radius 1 is 0.853 bits per heavy atom. The minimum atomic E-state index is 0.0366. The Hall–Kier alpha value is -3.79. The van der Waals surface area contributed by atoms with Crippen molar-refractivity contribution in [3.05, 3.63) is 108 Å². The van der Waals surface area contributed by atoms with Gasteiger partial charge in [0, 0.05) is 18.2 Å². The summed E-state index contributed by atoms with van der Waals surface area (Å²) in [7, 11) is 1.64. The molecule has 4 rings (SSSR count). The number of hydrogen-bond donors (Lipinski definition) is 0. The number of carbonyl (C=O) groups is 1. The monoisotopic (exact) mass is 453 g/mol. The predicted molar refractivity (Wildman–Crippen MR) is 137 cm³/mol. The van der Waals surface area contributed by atoms with E-state index in [9.17, 15) is 4.79 Å². The lowest BCUT2D eigenvalue weighted by Gasteiger charge is -2.29. The summed E-state index contributed by atoms with van der Waals surface area (Å²) in [4.78, 5) is 15.7. The molecule has 0 saturated carbocycles. The minimum Gasteiger partial charge on any atom is -0.493 e. The zero-order valence-electron chi connectivity index (χ0n) is 20.0. The molecule has 0 heterocycles. The van der Waals surface area contributed by atoms with E-state index in [1.165, 1.54) is 0 Å². The van der Waals surface area contributed by atoms with Crippen LogP contribution in [-0.4, -0.2) is 24.0 Å². The molecule has 0 aliphatic heterocycles. The van der Waals surface area contributed by atoms with Gasteiger partial charge in [0.15, 0.2) is 11.5 Å². The highest BCUT2D eigenvalue weighted by atomic mass is 16.5. The molecular formula is C30H31NO3. The van der Waals surface area contributed by atoms with Crippen molar-refractivity contribution in [3.8, 4) is 11.5 Å². The molecular weight excluding hydrogens is 422 g/mol. The molecule has 1 atom stereocenters. The average Bonchev–Trinajstić information content (AvgIpc) is 2.90. The van der Waals surface area contributed by atoms with Gasteiger partial charge in [-0.1, -0.05) is 79.7 Å². The van der Waals surface area contributed by atoms with E-state index < -0.39 is 0 Å². The van der Waals surface area contributed by atoms with Crippen molar-refractivity contribution in [1.82, 2.24) is 4.90 Å². The van der Waals surface area contributed by atoms with E-state index in [0.29, 0.717) is 24.7 Å². The van der Waals surface area contributed by atoms with E-state index in [0.717, 1.165) is 33.9 Å². The van der Waals surface area contributed by atoms with Crippen LogP contribution in [0, 0.1) is 0 Å². The van der Waals surface area contributed by atoms with Crippen LogP contribution in [0.3, 0.4) is 0 Å². The third-order valence-corrected chi connectivity index (χ3v) is 6.22. The van der Waals surface area contributed by atoms with Gasteiger partial charge in [-0.2, -0.15) is 0 Å². The molecule has 0 spiro atoms. The molecule has 1 unspecified atom stereocenters. The van der Waals surface area contributed by atoms with Gasteiger partial charge in [-0.15, -0.1) is 0 Å². The van der Waals surface area contributed by atoms with Crippen LogP contribution in [-0.2, 0) is 13.2 Å². The van der Waals surface area contributed by atoms with Crippen LogP contribution in [0.4, 0.5) is 0 Å². The van der Waals surface area contributed by atoms with Gasteiger partial charge in [-0.3, -0.25) is 4.79 Å². The van der Waals surface area contributed by atoms with E-state index in [1.54, 1.807) is 7.11 Å². The van der Waals surface area contributed by atoms with E-state index in [2.05, 4.69) is 13.8 Å². The maximum Gasteiger partial charge on any atom is 0.255 e. The lowest BCUT2D eigenvalue weighted by atomic mass is 10.0. The second kappa shape index (κ2) is 10.9. The summed E-state index contributed by atoms with van der Waals surface area (Å²) in [6.45, 7) is 5.16. The normalized spacial score (nSPS) is 11.7. The smallest absolute Gasteiger partial charge is 0.255 e. The van der Waals surface area contributed by atoms with Crippen molar-refractivity contribution in [2.75, 3.05) is 7.11 Å². The Labute approximate surface area is 201 Å². The highest BCUT2D eigenvalue weighted by Crippen LogP contribution is 2.30. The number of nitrogens with zero attached hydrogens (tertiary/aromatic N) is 1. The Morgan fingerprint density at radius 2 is 1.59 bits per heavy atom. The Balaban J connectivity index is 1.58. The van der Waals surface area contributed by atoms with Gasteiger partial charge in [-0.05, 0) is 53.4 Å². The Bertz CT molecular complexity index is 1250. The molecule has 4 heteroatoms. The van der Waals surface area contributed by atoms with Crippen LogP contribution >= 0.6 is 0 Å². The van der Waals surface area contributed by atoms with Crippen LogP contribution in [0.5, 0.6) is 11.5 Å². The highest BCUT2D eigenvalue weighted by Gasteiger charge is 2.23. The number of amides is 1. The standard InChI is InChI=1S/C30H31NO3/c1-4-22(2)31(30(32)27-16-10-14-25-13-8-9-15-26(25)27)20-24-17-18-28(29(19-24)33-3)34-21-23-11-6-5-7-12-23/h5-19,22H,4,20-21H2,1-3H3. The number of carbonyl (C=O) groups excluding carboxylic acids is 1. The first-order valence-electron chi connectivity index (χ1n) is 11.7. The SMILES string of the molecule is CCC(C)N(Cc1ccc(OCc2ccccc2)c(OC)c1)C(=O)c1cccc2ccccc12. The van der Waals surface area contributed by atoms with Crippen molar-refractivity contribution in [2.24, 2.45) is 0 Å². The molecule has 0 aromatic heterocycles. The van der Waals surface area contributed by atoms with E-state index >= 15 is 0 Å². The molecule has 34 heavy (non-hydrogen) atoms. The molecule has 0 aliphatic carbocycles. The van der Waals surface area contributed by atoms with Gasteiger partial charge in [0.2, 0.25) is 0 Å². The van der Waals surface area contributed by atoms with E-state index in [-0.39, 0.29) is 11.9 Å². The molecule has 0 saturated heterocycles. The van der Waals surface area contributed by atoms with Crippen LogP contribution in [0.15, 0.2) is 91.0 Å². The first-order chi connectivity index (χ1) is 16.6. The van der Waals surface area contributed by atoms with Gasteiger partial charge in [-0.25, -0.2) is 0 Å². The van der Waals surface area contributed by atoms with Gasteiger partial charge in [0.25, 0.3) is 5.91 Å². The summed E-state index contributed by atoms with van der Waals surface area (Å²) in [5.74, 6) is 1.38. The van der Waals surface area contributed by atoms with Gasteiger partial charge in [0.05, 0.1) is 7.11 Å². The third kappa shape index (κ3) is 5.23. The number of rotatable bonds is 9. The molecule has 0 N–H and O–H groups in total. The van der Waals surface area contributed by atoms with Crippen molar-refractivity contribution < 1.29 is 14.3 Å². The number of methoxy groups -OCH3 is 1. The first kappa shape index (κ1) is 23.4. The zero-order chi connectivity index (χ0) is 23.9. The van der Waals surface area contributed by atoms with Gasteiger partial charge in [0.1, 0.15) is 6.61 Å². The van der Waals surface area contributed by atoms with Crippen molar-refractivity contribution in [1.29, 1.82) is 0 Å². The molecule has 4 nitrogen and oxygen atoms in total. The lowest BCUT2D eigenvalue weighted by Crippen LogP contribution is -2.37. The van der Waals surface area contributed by atoms with Crippen LogP contribution < -0.4 is 9.47 Å². The Kier molecular flexibility index (Phi) is 7.48. The summed E-state index contributed by atoms with van der Waals surface area (Å²) in [6, 6.07) is 30.0. The number of ether oxygens (including phenoxy) is 2. The quantitative estimate of drug-likeness (QED) is 0.278. The number of benzene rings is 4. The Morgan fingerprint density at radius 3 is 2.35 bits per heavy atom.